The van der Waals surface area contributed by atoms with Gasteiger partial charge < -0.3 is 5.32 Å². The van der Waals surface area contributed by atoms with Gasteiger partial charge in [-0.15, -0.1) is 11.3 Å². The third-order valence-electron chi connectivity index (χ3n) is 6.27. The highest BCUT2D eigenvalue weighted by atomic mass is 35.5. The second kappa shape index (κ2) is 9.75. The zero-order chi connectivity index (χ0) is 24.5. The summed E-state index contributed by atoms with van der Waals surface area (Å²) in [6.45, 7) is 0.559. The first-order valence-electron chi connectivity index (χ1n) is 11.2. The van der Waals surface area contributed by atoms with Gasteiger partial charge in [0.25, 0.3) is 15.9 Å². The monoisotopic (exact) mass is 529 g/mol. The normalized spacial score (nSPS) is 17.8. The van der Waals surface area contributed by atoms with Gasteiger partial charge in [-0.3, -0.25) is 15.1 Å². The van der Waals surface area contributed by atoms with Gasteiger partial charge in [0.15, 0.2) is 0 Å². The van der Waals surface area contributed by atoms with Crippen molar-refractivity contribution in [3.63, 3.8) is 0 Å². The molecule has 0 bridgehead atoms. The molecule has 3 heterocycles. The molecule has 2 aliphatic rings. The molecule has 1 amide bonds. The minimum atomic E-state index is -3.60. The molecule has 0 unspecified atom stereocenters. The highest BCUT2D eigenvalue weighted by Crippen LogP contribution is 2.36. The second-order valence-corrected chi connectivity index (χ2v) is 12.4. The first kappa shape index (κ1) is 24.0. The van der Waals surface area contributed by atoms with Crippen LogP contribution in [0.1, 0.15) is 30.0 Å². The molecule has 10 heteroatoms. The van der Waals surface area contributed by atoms with Crippen LogP contribution in [-0.4, -0.2) is 37.3 Å². The maximum Gasteiger partial charge on any atom is 0.270 e. The molecule has 5 rings (SSSR count). The zero-order valence-electron chi connectivity index (χ0n) is 18.7. The summed E-state index contributed by atoms with van der Waals surface area (Å²) < 4.78 is 27.9. The van der Waals surface area contributed by atoms with E-state index in [1.54, 1.807) is 12.1 Å². The lowest BCUT2D eigenvalue weighted by molar-refractivity contribution is -0.120. The van der Waals surface area contributed by atoms with Crippen molar-refractivity contribution in [1.82, 2.24) is 15.1 Å². The summed E-state index contributed by atoms with van der Waals surface area (Å²) in [7, 11) is -3.60. The maximum atomic E-state index is 13.2. The summed E-state index contributed by atoms with van der Waals surface area (Å²) >= 11 is 6.97. The highest BCUT2D eigenvalue weighted by Gasteiger charge is 2.43. The van der Waals surface area contributed by atoms with E-state index in [1.165, 1.54) is 10.4 Å². The Morgan fingerprint density at radius 2 is 1.60 bits per heavy atom. The van der Waals surface area contributed by atoms with E-state index in [4.69, 9.17) is 16.4 Å². The van der Waals surface area contributed by atoms with Gasteiger partial charge in [0, 0.05) is 13.1 Å². The van der Waals surface area contributed by atoms with Gasteiger partial charge >= 0.3 is 0 Å². The molecule has 1 spiro atoms. The lowest BCUT2D eigenvalue weighted by atomic mass is 9.92. The number of carbonyl (C=O) groups is 1. The molecule has 7 nitrogen and oxygen atoms in total. The Morgan fingerprint density at radius 3 is 2.14 bits per heavy atom. The van der Waals surface area contributed by atoms with Gasteiger partial charge in [0.1, 0.15) is 15.5 Å². The van der Waals surface area contributed by atoms with E-state index < -0.39 is 15.6 Å². The number of sulfonamides is 1. The largest absolute Gasteiger partial charge is 0.340 e. The minimum Gasteiger partial charge on any atom is -0.340 e. The van der Waals surface area contributed by atoms with Gasteiger partial charge in [-0.1, -0.05) is 72.3 Å². The lowest BCUT2D eigenvalue weighted by Gasteiger charge is -2.35. The number of hydrogen-bond acceptors (Lipinski definition) is 6. The van der Waals surface area contributed by atoms with Gasteiger partial charge in [-0.2, -0.15) is 4.31 Å². The van der Waals surface area contributed by atoms with Crippen LogP contribution < -0.4 is 10.8 Å². The molecule has 2 N–H and O–H groups in total. The topological polar surface area (TPSA) is 87.7 Å². The Labute approximate surface area is 213 Å². The van der Waals surface area contributed by atoms with E-state index in [1.807, 2.05) is 60.7 Å². The average molecular weight is 530 g/mol. The Balaban J connectivity index is 1.29. The van der Waals surface area contributed by atoms with Crippen molar-refractivity contribution >= 4 is 38.9 Å². The van der Waals surface area contributed by atoms with Crippen LogP contribution in [0.15, 0.2) is 88.8 Å². The predicted octanol–water partition coefficient (Wildman–Crippen LogP) is 4.25. The second-order valence-electron chi connectivity index (χ2n) is 8.52. The first-order valence-corrected chi connectivity index (χ1v) is 13.8. The number of nitrogens with one attached hydrogen (secondary N) is 2. The van der Waals surface area contributed by atoms with Gasteiger partial charge in [-0.25, -0.2) is 8.42 Å². The standard InChI is InChI=1S/C25H24ClN3O4S2/c26-21-11-12-22(34-21)35(31,32)29-15-13-25(14-16-29)17-20(28-33-25)24(30)27-23(18-7-3-1-4-8-18)19-9-5-2-6-10-19/h1-12,17,23,28H,13-16H2,(H,27,30). The van der Waals surface area contributed by atoms with Gasteiger partial charge in [-0.05, 0) is 42.2 Å². The minimum absolute atomic E-state index is 0.229. The fraction of sp³-hybridized carbons (Fsp3) is 0.240. The van der Waals surface area contributed by atoms with Crippen LogP contribution in [-0.2, 0) is 19.7 Å². The molecule has 0 atom stereocenters. The quantitative estimate of drug-likeness (QED) is 0.498. The van der Waals surface area contributed by atoms with E-state index in [9.17, 15) is 13.2 Å². The summed E-state index contributed by atoms with van der Waals surface area (Å²) in [5, 5.41) is 3.10. The first-order chi connectivity index (χ1) is 16.9. The van der Waals surface area contributed by atoms with Crippen molar-refractivity contribution in [3.05, 3.63) is 100 Å². The zero-order valence-corrected chi connectivity index (χ0v) is 21.1. The number of hydroxylamine groups is 1. The number of rotatable bonds is 6. The molecule has 0 saturated carbocycles. The summed E-state index contributed by atoms with van der Waals surface area (Å²) in [5.74, 6) is -0.289. The van der Waals surface area contributed by atoms with E-state index in [-0.39, 0.29) is 29.2 Å². The Hall–Kier alpha value is -2.69. The van der Waals surface area contributed by atoms with Gasteiger partial charge in [0.05, 0.1) is 10.4 Å². The number of carbonyl (C=O) groups excluding carboxylic acids is 1. The van der Waals surface area contributed by atoms with E-state index in [2.05, 4.69) is 10.8 Å². The van der Waals surface area contributed by atoms with Crippen LogP contribution in [0.5, 0.6) is 0 Å². The van der Waals surface area contributed by atoms with Gasteiger partial charge in [0.2, 0.25) is 0 Å². The fourth-order valence-electron chi connectivity index (χ4n) is 4.36. The summed E-state index contributed by atoms with van der Waals surface area (Å²) in [6.07, 6.45) is 2.63. The van der Waals surface area contributed by atoms with Crippen molar-refractivity contribution in [1.29, 1.82) is 0 Å². The maximum absolute atomic E-state index is 13.2. The number of benzene rings is 2. The SMILES string of the molecule is O=C(NC(c1ccccc1)c1ccccc1)C1=CC2(CCN(S(=O)(=O)c3ccc(Cl)s3)CC2)ON1. The van der Waals surface area contributed by atoms with Crippen LogP contribution in [0, 0.1) is 0 Å². The number of amides is 1. The molecule has 1 fully saturated rings. The van der Waals surface area contributed by atoms with E-state index in [0.29, 0.717) is 22.9 Å². The number of thiophene rings is 1. The molecule has 2 aliphatic heterocycles. The smallest absolute Gasteiger partial charge is 0.270 e. The molecule has 3 aromatic rings. The molecular formula is C25H24ClN3O4S2. The van der Waals surface area contributed by atoms with Crippen molar-refractivity contribution in [2.75, 3.05) is 13.1 Å². The third kappa shape index (κ3) is 5.00. The van der Waals surface area contributed by atoms with Crippen LogP contribution in [0.3, 0.4) is 0 Å². The summed E-state index contributed by atoms with van der Waals surface area (Å²) in [4.78, 5) is 19.0. The molecule has 1 saturated heterocycles. The number of piperidine rings is 1. The average Bonchev–Trinajstić information content (AvgIpc) is 3.51. The Bertz CT molecular complexity index is 1300. The molecule has 182 valence electrons. The van der Waals surface area contributed by atoms with E-state index in [0.717, 1.165) is 22.5 Å². The van der Waals surface area contributed by atoms with Crippen LogP contribution in [0.2, 0.25) is 4.34 Å². The lowest BCUT2D eigenvalue weighted by Crippen LogP contribution is -2.46. The molecular weight excluding hydrogens is 506 g/mol. The fourth-order valence-corrected chi connectivity index (χ4v) is 7.44. The van der Waals surface area contributed by atoms with Crippen molar-refractivity contribution in [2.24, 2.45) is 0 Å². The Kier molecular flexibility index (Phi) is 6.69. The van der Waals surface area contributed by atoms with Crippen LogP contribution >= 0.6 is 22.9 Å². The summed E-state index contributed by atoms with van der Waals surface area (Å²) in [6, 6.07) is 22.3. The molecule has 0 aliphatic carbocycles. The number of hydrogen-bond donors (Lipinski definition) is 2. The Morgan fingerprint density at radius 1 is 1.00 bits per heavy atom. The van der Waals surface area contributed by atoms with Crippen molar-refractivity contribution < 1.29 is 18.0 Å². The summed E-state index contributed by atoms with van der Waals surface area (Å²) in [5.41, 5.74) is 4.30. The molecule has 35 heavy (non-hydrogen) atoms. The molecule has 1 aromatic heterocycles. The van der Waals surface area contributed by atoms with Crippen molar-refractivity contribution in [2.45, 2.75) is 28.7 Å². The van der Waals surface area contributed by atoms with Crippen LogP contribution in [0.25, 0.3) is 0 Å². The van der Waals surface area contributed by atoms with E-state index >= 15 is 0 Å². The highest BCUT2D eigenvalue weighted by molar-refractivity contribution is 7.91. The molecule has 0 radical (unpaired) electrons. The molecule has 2 aromatic carbocycles. The predicted molar refractivity (Wildman–Crippen MR) is 135 cm³/mol. The number of halogens is 1. The third-order valence-corrected chi connectivity index (χ3v) is 9.87. The van der Waals surface area contributed by atoms with Crippen molar-refractivity contribution in [3.8, 4) is 0 Å². The van der Waals surface area contributed by atoms with Crippen LogP contribution in [0.4, 0.5) is 0 Å². The number of nitrogens with zero attached hydrogens (tertiary/aromatic N) is 1.